The van der Waals surface area contributed by atoms with Crippen molar-refractivity contribution in [1.82, 2.24) is 14.8 Å². The molecule has 0 atom stereocenters. The van der Waals surface area contributed by atoms with Crippen molar-refractivity contribution in [2.75, 3.05) is 6.26 Å². The number of nitrogens with zero attached hydrogens (tertiary/aromatic N) is 3. The normalized spacial score (nSPS) is 11.4. The number of pyridine rings is 1. The Kier molecular flexibility index (Phi) is 4.41. The van der Waals surface area contributed by atoms with Crippen LogP contribution in [0.25, 0.3) is 16.4 Å². The van der Waals surface area contributed by atoms with Crippen LogP contribution >= 0.6 is 11.8 Å². The number of hydrazone groups is 1. The molecule has 6 heteroatoms. The lowest BCUT2D eigenvalue weighted by Crippen LogP contribution is -2.20. The number of fused-ring (bicyclic) bond motifs is 3. The van der Waals surface area contributed by atoms with Gasteiger partial charge in [-0.2, -0.15) is 5.10 Å². The lowest BCUT2D eigenvalue weighted by Gasteiger charge is -2.04. The molecule has 0 aliphatic carbocycles. The van der Waals surface area contributed by atoms with E-state index in [2.05, 4.69) is 15.5 Å². The van der Waals surface area contributed by atoms with Crippen molar-refractivity contribution >= 4 is 40.3 Å². The first kappa shape index (κ1) is 16.4. The number of hydrogen-bond acceptors (Lipinski definition) is 4. The number of hydrogen-bond donors (Lipinski definition) is 1. The van der Waals surface area contributed by atoms with Gasteiger partial charge < -0.3 is 0 Å². The third-order valence-electron chi connectivity index (χ3n) is 4.07. The van der Waals surface area contributed by atoms with Gasteiger partial charge in [-0.05, 0) is 23.3 Å². The van der Waals surface area contributed by atoms with Crippen molar-refractivity contribution in [2.24, 2.45) is 5.10 Å². The average molecular weight is 360 g/mol. The van der Waals surface area contributed by atoms with Gasteiger partial charge in [0.15, 0.2) is 0 Å². The van der Waals surface area contributed by atoms with Gasteiger partial charge >= 0.3 is 0 Å². The molecule has 0 bridgehead atoms. The van der Waals surface area contributed by atoms with Crippen LogP contribution in [0.3, 0.4) is 0 Å². The summed E-state index contributed by atoms with van der Waals surface area (Å²) < 4.78 is 1.82. The number of imidazole rings is 1. The van der Waals surface area contributed by atoms with Crippen molar-refractivity contribution in [1.29, 1.82) is 0 Å². The van der Waals surface area contributed by atoms with Crippen LogP contribution in [-0.4, -0.2) is 27.8 Å². The third-order valence-corrected chi connectivity index (χ3v) is 4.74. The quantitative estimate of drug-likeness (QED) is 0.340. The van der Waals surface area contributed by atoms with Gasteiger partial charge in [0.25, 0.3) is 5.91 Å². The van der Waals surface area contributed by atoms with Gasteiger partial charge in [-0.25, -0.2) is 10.4 Å². The molecule has 2 aromatic carbocycles. The molecule has 4 aromatic rings. The second-order valence-electron chi connectivity index (χ2n) is 5.68. The molecular formula is C20H16N4OS. The Morgan fingerprint density at radius 3 is 2.69 bits per heavy atom. The minimum atomic E-state index is -0.288. The zero-order valence-electron chi connectivity index (χ0n) is 14.1. The maximum Gasteiger partial charge on any atom is 0.291 e. The van der Waals surface area contributed by atoms with Crippen LogP contribution in [0.15, 0.2) is 77.0 Å². The van der Waals surface area contributed by atoms with E-state index in [1.165, 1.54) is 11.8 Å². The van der Waals surface area contributed by atoms with Gasteiger partial charge in [-0.3, -0.25) is 9.20 Å². The first-order valence-corrected chi connectivity index (χ1v) is 9.32. The van der Waals surface area contributed by atoms with Crippen LogP contribution in [0.5, 0.6) is 0 Å². The van der Waals surface area contributed by atoms with E-state index in [1.807, 2.05) is 77.5 Å². The molecule has 4 rings (SSSR count). The smallest absolute Gasteiger partial charge is 0.291 e. The summed E-state index contributed by atoms with van der Waals surface area (Å²) in [5.41, 5.74) is 4.78. The SMILES string of the molecule is CSc1nc2c3ccccc3ccn2c1C(=O)NN=Cc1ccccc1. The molecule has 0 unspecified atom stereocenters. The molecule has 0 aliphatic rings. The number of thioether (sulfide) groups is 1. The van der Waals surface area contributed by atoms with Crippen molar-refractivity contribution in [3.05, 3.63) is 78.1 Å². The minimum Gasteiger partial charge on any atom is -0.294 e. The fourth-order valence-electron chi connectivity index (χ4n) is 2.85. The van der Waals surface area contributed by atoms with Crippen LogP contribution in [-0.2, 0) is 0 Å². The second kappa shape index (κ2) is 7.01. The van der Waals surface area contributed by atoms with Crippen LogP contribution in [0.4, 0.5) is 0 Å². The van der Waals surface area contributed by atoms with Crippen molar-refractivity contribution in [3.63, 3.8) is 0 Å². The molecule has 26 heavy (non-hydrogen) atoms. The number of carbonyl (C=O) groups excluding carboxylic acids is 1. The fourth-order valence-corrected chi connectivity index (χ4v) is 3.42. The number of benzene rings is 2. The lowest BCUT2D eigenvalue weighted by atomic mass is 10.2. The highest BCUT2D eigenvalue weighted by molar-refractivity contribution is 7.98. The maximum atomic E-state index is 12.7. The Morgan fingerprint density at radius 2 is 1.88 bits per heavy atom. The van der Waals surface area contributed by atoms with E-state index in [-0.39, 0.29) is 5.91 Å². The van der Waals surface area contributed by atoms with Gasteiger partial charge in [0.1, 0.15) is 16.4 Å². The van der Waals surface area contributed by atoms with Gasteiger partial charge in [0.05, 0.1) is 6.21 Å². The highest BCUT2D eigenvalue weighted by Gasteiger charge is 2.19. The molecule has 0 radical (unpaired) electrons. The molecular weight excluding hydrogens is 344 g/mol. The van der Waals surface area contributed by atoms with Gasteiger partial charge in [0, 0.05) is 11.6 Å². The summed E-state index contributed by atoms with van der Waals surface area (Å²) >= 11 is 1.44. The number of aromatic nitrogens is 2. The van der Waals surface area contributed by atoms with E-state index in [0.29, 0.717) is 10.7 Å². The molecule has 2 heterocycles. The van der Waals surface area contributed by atoms with E-state index in [4.69, 9.17) is 0 Å². The van der Waals surface area contributed by atoms with Gasteiger partial charge in [-0.1, -0.05) is 54.6 Å². The number of rotatable bonds is 4. The fraction of sp³-hybridized carbons (Fsp3) is 0.0500. The monoisotopic (exact) mass is 360 g/mol. The number of nitrogens with one attached hydrogen (secondary N) is 1. The van der Waals surface area contributed by atoms with Gasteiger partial charge in [-0.15, -0.1) is 11.8 Å². The first-order valence-electron chi connectivity index (χ1n) is 8.10. The van der Waals surface area contributed by atoms with Crippen LogP contribution in [0.2, 0.25) is 0 Å². The minimum absolute atomic E-state index is 0.288. The van der Waals surface area contributed by atoms with E-state index < -0.39 is 0 Å². The summed E-state index contributed by atoms with van der Waals surface area (Å²) in [6.07, 6.45) is 5.41. The topological polar surface area (TPSA) is 58.8 Å². The molecule has 128 valence electrons. The standard InChI is InChI=1S/C20H16N4OS/c1-26-20-17(19(25)23-21-13-14-7-3-2-4-8-14)24-12-11-15-9-5-6-10-16(15)18(24)22-20/h2-13H,1H3,(H,23,25). The highest BCUT2D eigenvalue weighted by atomic mass is 32.2. The molecule has 0 aliphatic heterocycles. The maximum absolute atomic E-state index is 12.7. The van der Waals surface area contributed by atoms with E-state index in [0.717, 1.165) is 22.0 Å². The molecule has 0 fully saturated rings. The number of amides is 1. The summed E-state index contributed by atoms with van der Waals surface area (Å²) in [5, 5.41) is 6.84. The zero-order chi connectivity index (χ0) is 17.9. The van der Waals surface area contributed by atoms with Crippen LogP contribution in [0, 0.1) is 0 Å². The van der Waals surface area contributed by atoms with E-state index in [9.17, 15) is 4.79 Å². The summed E-state index contributed by atoms with van der Waals surface area (Å²) in [7, 11) is 0. The number of carbonyl (C=O) groups is 1. The van der Waals surface area contributed by atoms with E-state index >= 15 is 0 Å². The predicted molar refractivity (Wildman–Crippen MR) is 106 cm³/mol. The Hall–Kier alpha value is -3.12. The Labute approximate surface area is 154 Å². The van der Waals surface area contributed by atoms with Crippen molar-refractivity contribution in [2.45, 2.75) is 5.03 Å². The third kappa shape index (κ3) is 2.95. The molecule has 2 aromatic heterocycles. The summed E-state index contributed by atoms with van der Waals surface area (Å²) in [6, 6.07) is 19.6. The van der Waals surface area contributed by atoms with Crippen molar-refractivity contribution < 1.29 is 4.79 Å². The zero-order valence-corrected chi connectivity index (χ0v) is 14.9. The Morgan fingerprint density at radius 1 is 1.12 bits per heavy atom. The summed E-state index contributed by atoms with van der Waals surface area (Å²) in [6.45, 7) is 0. The van der Waals surface area contributed by atoms with E-state index in [1.54, 1.807) is 6.21 Å². The molecule has 0 saturated carbocycles. The lowest BCUT2D eigenvalue weighted by molar-refractivity contribution is 0.0946. The van der Waals surface area contributed by atoms with Gasteiger partial charge in [0.2, 0.25) is 0 Å². The summed E-state index contributed by atoms with van der Waals surface area (Å²) in [4.78, 5) is 17.4. The summed E-state index contributed by atoms with van der Waals surface area (Å²) in [5.74, 6) is -0.288. The second-order valence-corrected chi connectivity index (χ2v) is 6.47. The molecule has 1 N–H and O–H groups in total. The predicted octanol–water partition coefficient (Wildman–Crippen LogP) is 3.97. The first-order chi connectivity index (χ1) is 12.8. The van der Waals surface area contributed by atoms with Crippen LogP contribution < -0.4 is 5.43 Å². The van der Waals surface area contributed by atoms with Crippen LogP contribution in [0.1, 0.15) is 16.1 Å². The molecule has 1 amide bonds. The average Bonchev–Trinajstić information content (AvgIpc) is 3.08. The largest absolute Gasteiger partial charge is 0.294 e. The molecule has 5 nitrogen and oxygen atoms in total. The Balaban J connectivity index is 1.72. The van der Waals surface area contributed by atoms with Crippen molar-refractivity contribution in [3.8, 4) is 0 Å². The Bertz CT molecular complexity index is 1120. The molecule has 0 saturated heterocycles. The highest BCUT2D eigenvalue weighted by Crippen LogP contribution is 2.26. The molecule has 0 spiro atoms.